The molecular formula is C25H30BrN5O3S. The number of amides is 2. The number of hydrogen-bond donors (Lipinski definition) is 2. The van der Waals surface area contributed by atoms with Crippen molar-refractivity contribution in [3.8, 4) is 5.75 Å². The fourth-order valence-corrected chi connectivity index (χ4v) is 4.84. The molecule has 0 aliphatic rings. The van der Waals surface area contributed by atoms with E-state index in [0.29, 0.717) is 17.5 Å². The highest BCUT2D eigenvalue weighted by Crippen LogP contribution is 2.27. The fourth-order valence-electron chi connectivity index (χ4n) is 3.46. The molecule has 0 aliphatic heterocycles. The molecule has 2 amide bonds. The number of hydrogen-bond acceptors (Lipinski definition) is 6. The largest absolute Gasteiger partial charge is 0.483 e. The number of nitrogens with one attached hydrogen (secondary N) is 2. The minimum Gasteiger partial charge on any atom is -0.483 e. The van der Waals surface area contributed by atoms with E-state index < -0.39 is 0 Å². The van der Waals surface area contributed by atoms with Crippen molar-refractivity contribution in [2.24, 2.45) is 0 Å². The molecule has 0 radical (unpaired) electrons. The number of carbonyl (C=O) groups is 2. The minimum absolute atomic E-state index is 0.0816. The molecule has 0 atom stereocenters. The van der Waals surface area contributed by atoms with Crippen molar-refractivity contribution >= 4 is 45.2 Å². The molecular weight excluding hydrogens is 530 g/mol. The molecule has 0 unspecified atom stereocenters. The molecule has 2 N–H and O–H groups in total. The smallest absolute Gasteiger partial charge is 0.258 e. The summed E-state index contributed by atoms with van der Waals surface area (Å²) in [5, 5.41) is 14.8. The van der Waals surface area contributed by atoms with Gasteiger partial charge in [0.05, 0.1) is 18.0 Å². The molecule has 186 valence electrons. The molecule has 35 heavy (non-hydrogen) atoms. The highest BCUT2D eigenvalue weighted by molar-refractivity contribution is 9.10. The van der Waals surface area contributed by atoms with Crippen LogP contribution >= 0.6 is 27.7 Å². The highest BCUT2D eigenvalue weighted by atomic mass is 79.9. The van der Waals surface area contributed by atoms with Gasteiger partial charge in [0, 0.05) is 11.0 Å². The van der Waals surface area contributed by atoms with Gasteiger partial charge in [0.1, 0.15) is 5.75 Å². The number of nitrogens with zero attached hydrogens (tertiary/aromatic N) is 3. The zero-order valence-corrected chi connectivity index (χ0v) is 23.0. The Morgan fingerprint density at radius 1 is 1.03 bits per heavy atom. The average molecular weight is 561 g/mol. The lowest BCUT2D eigenvalue weighted by Gasteiger charge is -2.12. The molecule has 3 aromatic rings. The van der Waals surface area contributed by atoms with Crippen molar-refractivity contribution in [2.45, 2.75) is 52.9 Å². The Bertz CT molecular complexity index is 1210. The zero-order chi connectivity index (χ0) is 25.5. The molecule has 8 nitrogen and oxygen atoms in total. The van der Waals surface area contributed by atoms with Crippen LogP contribution in [0.25, 0.3) is 0 Å². The van der Waals surface area contributed by atoms with Gasteiger partial charge >= 0.3 is 0 Å². The van der Waals surface area contributed by atoms with Crippen LogP contribution in [0.2, 0.25) is 0 Å². The average Bonchev–Trinajstić information content (AvgIpc) is 3.21. The number of aryl methyl sites for hydroxylation is 4. The van der Waals surface area contributed by atoms with Crippen LogP contribution in [0.1, 0.15) is 35.0 Å². The van der Waals surface area contributed by atoms with Gasteiger partial charge in [-0.05, 0) is 84.9 Å². The van der Waals surface area contributed by atoms with Gasteiger partial charge in [-0.25, -0.2) is 0 Å². The Balaban J connectivity index is 1.52. The van der Waals surface area contributed by atoms with Crippen LogP contribution in [0.3, 0.4) is 0 Å². The number of thioether (sulfide) groups is 1. The molecule has 0 fully saturated rings. The summed E-state index contributed by atoms with van der Waals surface area (Å²) in [6, 6.07) is 9.78. The van der Waals surface area contributed by atoms with Crippen LogP contribution in [-0.4, -0.2) is 38.9 Å². The maximum absolute atomic E-state index is 12.5. The van der Waals surface area contributed by atoms with Crippen molar-refractivity contribution in [3.63, 3.8) is 0 Å². The molecule has 0 saturated heterocycles. The second-order valence-corrected chi connectivity index (χ2v) is 9.98. The number of para-hydroxylation sites is 1. The maximum atomic E-state index is 12.5. The third-order valence-corrected chi connectivity index (χ3v) is 7.12. The summed E-state index contributed by atoms with van der Waals surface area (Å²) in [6.45, 7) is 10.6. The van der Waals surface area contributed by atoms with E-state index in [1.807, 2.05) is 69.5 Å². The normalized spacial score (nSPS) is 10.8. The van der Waals surface area contributed by atoms with Gasteiger partial charge in [-0.3, -0.25) is 9.59 Å². The SMILES string of the molecule is CCn1c(CNC(=O)COc2c(C)cccc2C)nnc1SCC(=O)Nc1cc(C)c(C)cc1Br. The van der Waals surface area contributed by atoms with Crippen LogP contribution in [0, 0.1) is 27.7 Å². The minimum atomic E-state index is -0.245. The van der Waals surface area contributed by atoms with Crippen molar-refractivity contribution in [2.75, 3.05) is 17.7 Å². The number of anilines is 1. The first-order valence-electron chi connectivity index (χ1n) is 11.3. The van der Waals surface area contributed by atoms with E-state index in [-0.39, 0.29) is 30.7 Å². The number of carbonyl (C=O) groups excluding carboxylic acids is 2. The van der Waals surface area contributed by atoms with Crippen molar-refractivity contribution in [3.05, 3.63) is 62.9 Å². The molecule has 1 heterocycles. The van der Waals surface area contributed by atoms with Crippen LogP contribution in [-0.2, 0) is 22.7 Å². The second-order valence-electron chi connectivity index (χ2n) is 8.18. The van der Waals surface area contributed by atoms with Crippen molar-refractivity contribution in [1.29, 1.82) is 0 Å². The Hall–Kier alpha value is -2.85. The van der Waals surface area contributed by atoms with Crippen molar-refractivity contribution in [1.82, 2.24) is 20.1 Å². The molecule has 0 bridgehead atoms. The Morgan fingerprint density at radius 3 is 2.40 bits per heavy atom. The lowest BCUT2D eigenvalue weighted by Crippen LogP contribution is -2.29. The Morgan fingerprint density at radius 2 is 1.71 bits per heavy atom. The quantitative estimate of drug-likeness (QED) is 0.349. The lowest BCUT2D eigenvalue weighted by atomic mass is 10.1. The van der Waals surface area contributed by atoms with E-state index in [2.05, 4.69) is 36.8 Å². The molecule has 2 aromatic carbocycles. The van der Waals surface area contributed by atoms with Crippen LogP contribution in [0.4, 0.5) is 5.69 Å². The first kappa shape index (κ1) is 26.7. The summed E-state index contributed by atoms with van der Waals surface area (Å²) < 4.78 is 8.44. The zero-order valence-electron chi connectivity index (χ0n) is 20.6. The van der Waals surface area contributed by atoms with Gasteiger partial charge in [-0.2, -0.15) is 0 Å². The summed E-state index contributed by atoms with van der Waals surface area (Å²) in [4.78, 5) is 24.8. The predicted molar refractivity (Wildman–Crippen MR) is 142 cm³/mol. The summed E-state index contributed by atoms with van der Waals surface area (Å²) in [7, 11) is 0. The van der Waals surface area contributed by atoms with Crippen LogP contribution < -0.4 is 15.4 Å². The van der Waals surface area contributed by atoms with E-state index in [9.17, 15) is 9.59 Å². The maximum Gasteiger partial charge on any atom is 0.258 e. The predicted octanol–water partition coefficient (Wildman–Crippen LogP) is 4.72. The van der Waals surface area contributed by atoms with E-state index in [4.69, 9.17) is 4.74 Å². The van der Waals surface area contributed by atoms with E-state index in [1.165, 1.54) is 11.8 Å². The van der Waals surface area contributed by atoms with Crippen LogP contribution in [0.5, 0.6) is 5.75 Å². The monoisotopic (exact) mass is 559 g/mol. The number of aromatic nitrogens is 3. The molecule has 10 heteroatoms. The molecule has 0 aliphatic carbocycles. The molecule has 0 saturated carbocycles. The van der Waals surface area contributed by atoms with E-state index in [1.54, 1.807) is 0 Å². The van der Waals surface area contributed by atoms with E-state index >= 15 is 0 Å². The standard InChI is InChI=1S/C25H30BrN5O3S/c1-6-31-21(12-27-22(32)13-34-24-15(2)8-7-9-16(24)3)29-30-25(31)35-14-23(33)28-20-11-18(5)17(4)10-19(20)26/h7-11H,6,12-14H2,1-5H3,(H,27,32)(H,28,33). The number of ether oxygens (including phenoxy) is 1. The number of rotatable bonds is 10. The lowest BCUT2D eigenvalue weighted by molar-refractivity contribution is -0.123. The van der Waals surface area contributed by atoms with Gasteiger partial charge in [0.25, 0.3) is 5.91 Å². The Labute approximate surface area is 218 Å². The highest BCUT2D eigenvalue weighted by Gasteiger charge is 2.15. The first-order chi connectivity index (χ1) is 16.7. The number of benzene rings is 2. The molecule has 0 spiro atoms. The summed E-state index contributed by atoms with van der Waals surface area (Å²) >= 11 is 4.80. The summed E-state index contributed by atoms with van der Waals surface area (Å²) in [6.07, 6.45) is 0. The topological polar surface area (TPSA) is 98.1 Å². The van der Waals surface area contributed by atoms with Gasteiger partial charge in [0.15, 0.2) is 17.6 Å². The summed E-state index contributed by atoms with van der Waals surface area (Å²) in [5.74, 6) is 1.15. The van der Waals surface area contributed by atoms with Gasteiger partial charge < -0.3 is 19.9 Å². The van der Waals surface area contributed by atoms with E-state index in [0.717, 1.165) is 38.2 Å². The second kappa shape index (κ2) is 12.2. The van der Waals surface area contributed by atoms with Gasteiger partial charge in [-0.15, -0.1) is 10.2 Å². The van der Waals surface area contributed by atoms with Crippen molar-refractivity contribution < 1.29 is 14.3 Å². The Kier molecular flexibility index (Phi) is 9.33. The fraction of sp³-hybridized carbons (Fsp3) is 0.360. The third-order valence-electron chi connectivity index (χ3n) is 5.50. The van der Waals surface area contributed by atoms with Gasteiger partial charge in [0.2, 0.25) is 5.91 Å². The number of halogens is 1. The van der Waals surface area contributed by atoms with Crippen LogP contribution in [0.15, 0.2) is 40.0 Å². The molecule has 1 aromatic heterocycles. The summed E-state index contributed by atoms with van der Waals surface area (Å²) in [5.41, 5.74) is 4.96. The first-order valence-corrected chi connectivity index (χ1v) is 13.0. The third kappa shape index (κ3) is 7.08. The van der Waals surface area contributed by atoms with Gasteiger partial charge in [-0.1, -0.05) is 30.0 Å². The molecule has 3 rings (SSSR count).